The molecular weight excluding hydrogens is 266 g/mol. The molecule has 1 aromatic rings. The quantitative estimate of drug-likeness (QED) is 0.847. The van der Waals surface area contributed by atoms with Gasteiger partial charge in [-0.2, -0.15) is 0 Å². The summed E-state index contributed by atoms with van der Waals surface area (Å²) in [6.45, 7) is 4.98. The zero-order valence-corrected chi connectivity index (χ0v) is 12.9. The predicted octanol–water partition coefficient (Wildman–Crippen LogP) is 0.454. The highest BCUT2D eigenvalue weighted by molar-refractivity contribution is 5.63. The SMILES string of the molecule is CNC1COc2c(CO)ccc(N3CCN(C)CC3)c2C1. The topological polar surface area (TPSA) is 48.0 Å². The fourth-order valence-electron chi connectivity index (χ4n) is 3.19. The number of likely N-dealkylation sites (N-methyl/N-ethyl adjacent to an activating group) is 2. The molecule has 3 rings (SSSR count). The highest BCUT2D eigenvalue weighted by Crippen LogP contribution is 2.37. The number of nitrogens with zero attached hydrogens (tertiary/aromatic N) is 2. The normalized spacial score (nSPS) is 22.8. The molecule has 21 heavy (non-hydrogen) atoms. The number of benzene rings is 1. The van der Waals surface area contributed by atoms with E-state index in [2.05, 4.69) is 28.2 Å². The second-order valence-corrected chi connectivity index (χ2v) is 6.00. The minimum absolute atomic E-state index is 0.0373. The third kappa shape index (κ3) is 2.86. The van der Waals surface area contributed by atoms with Crippen LogP contribution in [0.25, 0.3) is 0 Å². The fraction of sp³-hybridized carbons (Fsp3) is 0.625. The van der Waals surface area contributed by atoms with Crippen LogP contribution in [0.2, 0.25) is 0 Å². The Kier molecular flexibility index (Phi) is 4.33. The summed E-state index contributed by atoms with van der Waals surface area (Å²) in [6.07, 6.45) is 0.960. The Morgan fingerprint density at radius 2 is 2.05 bits per heavy atom. The number of anilines is 1. The fourth-order valence-corrected chi connectivity index (χ4v) is 3.19. The maximum atomic E-state index is 9.54. The average molecular weight is 291 g/mol. The van der Waals surface area contributed by atoms with Crippen molar-refractivity contribution in [3.05, 3.63) is 23.3 Å². The first-order valence-electron chi connectivity index (χ1n) is 7.72. The first kappa shape index (κ1) is 14.6. The Hall–Kier alpha value is -1.30. The minimum Gasteiger partial charge on any atom is -0.491 e. The number of aliphatic hydroxyl groups is 1. The molecule has 2 aliphatic heterocycles. The molecule has 5 nitrogen and oxygen atoms in total. The van der Waals surface area contributed by atoms with Crippen molar-refractivity contribution in [2.45, 2.75) is 19.1 Å². The molecule has 116 valence electrons. The summed E-state index contributed by atoms with van der Waals surface area (Å²) in [4.78, 5) is 4.80. The van der Waals surface area contributed by atoms with Gasteiger partial charge in [0.15, 0.2) is 0 Å². The highest BCUT2D eigenvalue weighted by atomic mass is 16.5. The lowest BCUT2D eigenvalue weighted by Crippen LogP contribution is -2.45. The molecule has 2 N–H and O–H groups in total. The Labute approximate surface area is 126 Å². The van der Waals surface area contributed by atoms with Crippen LogP contribution in [0.4, 0.5) is 5.69 Å². The van der Waals surface area contributed by atoms with E-state index >= 15 is 0 Å². The predicted molar refractivity (Wildman–Crippen MR) is 84.1 cm³/mol. The zero-order valence-electron chi connectivity index (χ0n) is 12.9. The summed E-state index contributed by atoms with van der Waals surface area (Å²) < 4.78 is 5.94. The molecule has 1 atom stereocenters. The molecule has 0 amide bonds. The first-order chi connectivity index (χ1) is 10.2. The summed E-state index contributed by atoms with van der Waals surface area (Å²) in [5.41, 5.74) is 3.42. The van der Waals surface area contributed by atoms with Gasteiger partial charge in [0.25, 0.3) is 0 Å². The van der Waals surface area contributed by atoms with Crippen molar-refractivity contribution in [3.8, 4) is 5.75 Å². The van der Waals surface area contributed by atoms with Crippen molar-refractivity contribution in [1.29, 1.82) is 0 Å². The van der Waals surface area contributed by atoms with Crippen LogP contribution in [0.15, 0.2) is 12.1 Å². The average Bonchev–Trinajstić information content (AvgIpc) is 2.54. The van der Waals surface area contributed by atoms with Crippen molar-refractivity contribution in [2.24, 2.45) is 0 Å². The largest absolute Gasteiger partial charge is 0.491 e. The summed E-state index contributed by atoms with van der Waals surface area (Å²) in [5, 5.41) is 12.8. The van der Waals surface area contributed by atoms with Crippen molar-refractivity contribution in [1.82, 2.24) is 10.2 Å². The van der Waals surface area contributed by atoms with Crippen molar-refractivity contribution >= 4 is 5.69 Å². The van der Waals surface area contributed by atoms with Gasteiger partial charge in [0.05, 0.1) is 6.61 Å². The van der Waals surface area contributed by atoms with Crippen molar-refractivity contribution in [2.75, 3.05) is 51.8 Å². The van der Waals surface area contributed by atoms with E-state index in [0.717, 1.165) is 43.9 Å². The summed E-state index contributed by atoms with van der Waals surface area (Å²) in [5.74, 6) is 0.903. The number of nitrogens with one attached hydrogen (secondary N) is 1. The first-order valence-corrected chi connectivity index (χ1v) is 7.72. The molecule has 1 aromatic carbocycles. The number of ether oxygens (including phenoxy) is 1. The van der Waals surface area contributed by atoms with Gasteiger partial charge < -0.3 is 25.0 Å². The number of rotatable bonds is 3. The lowest BCUT2D eigenvalue weighted by atomic mass is 9.96. The molecule has 2 heterocycles. The van der Waals surface area contributed by atoms with Crippen LogP contribution in [-0.2, 0) is 13.0 Å². The molecule has 2 aliphatic rings. The summed E-state index contributed by atoms with van der Waals surface area (Å²) in [7, 11) is 4.15. The molecule has 0 bridgehead atoms. The van der Waals surface area contributed by atoms with Gasteiger partial charge in [0.2, 0.25) is 0 Å². The molecular formula is C16H25N3O2. The lowest BCUT2D eigenvalue weighted by molar-refractivity contribution is 0.228. The van der Waals surface area contributed by atoms with Gasteiger partial charge in [-0.05, 0) is 26.6 Å². The van der Waals surface area contributed by atoms with E-state index in [1.165, 1.54) is 11.3 Å². The molecule has 0 saturated carbocycles. The lowest BCUT2D eigenvalue weighted by Gasteiger charge is -2.37. The van der Waals surface area contributed by atoms with Gasteiger partial charge in [-0.15, -0.1) is 0 Å². The van der Waals surface area contributed by atoms with Crippen LogP contribution >= 0.6 is 0 Å². The van der Waals surface area contributed by atoms with E-state index < -0.39 is 0 Å². The number of hydrogen-bond acceptors (Lipinski definition) is 5. The van der Waals surface area contributed by atoms with Gasteiger partial charge >= 0.3 is 0 Å². The van der Waals surface area contributed by atoms with Crippen LogP contribution in [0, 0.1) is 0 Å². The van der Waals surface area contributed by atoms with Crippen LogP contribution in [0.5, 0.6) is 5.75 Å². The van der Waals surface area contributed by atoms with Crippen LogP contribution < -0.4 is 15.0 Å². The van der Waals surface area contributed by atoms with Gasteiger partial charge in [-0.1, -0.05) is 6.07 Å². The standard InChI is InChI=1S/C16H25N3O2/c1-17-13-9-14-15(19-7-5-18(2)6-8-19)4-3-12(10-20)16(14)21-11-13/h3-4,13,17,20H,5-11H2,1-2H3. The number of piperazine rings is 1. The Bertz CT molecular complexity index is 499. The van der Waals surface area contributed by atoms with E-state index in [-0.39, 0.29) is 6.61 Å². The van der Waals surface area contributed by atoms with Crippen molar-refractivity contribution in [3.63, 3.8) is 0 Å². The third-order valence-corrected chi connectivity index (χ3v) is 4.62. The van der Waals surface area contributed by atoms with Crippen LogP contribution in [-0.4, -0.2) is 62.9 Å². The Morgan fingerprint density at radius 3 is 2.71 bits per heavy atom. The minimum atomic E-state index is 0.0373. The van der Waals surface area contributed by atoms with Crippen LogP contribution in [0.3, 0.4) is 0 Å². The van der Waals surface area contributed by atoms with E-state index in [4.69, 9.17) is 4.74 Å². The summed E-state index contributed by atoms with van der Waals surface area (Å²) >= 11 is 0. The van der Waals surface area contributed by atoms with Gasteiger partial charge in [-0.25, -0.2) is 0 Å². The molecule has 0 spiro atoms. The summed E-state index contributed by atoms with van der Waals surface area (Å²) in [6, 6.07) is 4.50. The Morgan fingerprint density at radius 1 is 1.29 bits per heavy atom. The maximum absolute atomic E-state index is 9.54. The van der Waals surface area contributed by atoms with E-state index in [1.807, 2.05) is 13.1 Å². The highest BCUT2D eigenvalue weighted by Gasteiger charge is 2.26. The molecule has 1 saturated heterocycles. The molecule has 0 radical (unpaired) electrons. The number of fused-ring (bicyclic) bond motifs is 1. The maximum Gasteiger partial charge on any atom is 0.130 e. The Balaban J connectivity index is 1.93. The molecule has 0 aliphatic carbocycles. The second-order valence-electron chi connectivity index (χ2n) is 6.00. The molecule has 0 aromatic heterocycles. The third-order valence-electron chi connectivity index (χ3n) is 4.62. The van der Waals surface area contributed by atoms with Crippen molar-refractivity contribution < 1.29 is 9.84 Å². The molecule has 1 fully saturated rings. The van der Waals surface area contributed by atoms with Gasteiger partial charge in [0.1, 0.15) is 12.4 Å². The van der Waals surface area contributed by atoms with Crippen LogP contribution in [0.1, 0.15) is 11.1 Å². The monoisotopic (exact) mass is 291 g/mol. The van der Waals surface area contributed by atoms with E-state index in [1.54, 1.807) is 0 Å². The van der Waals surface area contributed by atoms with Gasteiger partial charge in [0, 0.05) is 49.0 Å². The smallest absolute Gasteiger partial charge is 0.130 e. The number of aliphatic hydroxyl groups excluding tert-OH is 1. The number of hydrogen-bond donors (Lipinski definition) is 2. The van der Waals surface area contributed by atoms with E-state index in [9.17, 15) is 5.11 Å². The molecule has 1 unspecified atom stereocenters. The van der Waals surface area contributed by atoms with Gasteiger partial charge in [-0.3, -0.25) is 0 Å². The van der Waals surface area contributed by atoms with E-state index in [0.29, 0.717) is 12.6 Å². The zero-order chi connectivity index (χ0) is 14.8. The second kappa shape index (κ2) is 6.22. The molecule has 5 heteroatoms.